The summed E-state index contributed by atoms with van der Waals surface area (Å²) in [6.45, 7) is -1.36. The zero-order chi connectivity index (χ0) is 16.7. The molecule has 9 heteroatoms. The fraction of sp³-hybridized carbons (Fsp3) is 0.571. The first kappa shape index (κ1) is 17.7. The fourth-order valence-corrected chi connectivity index (χ4v) is 3.20. The number of pyridine rings is 1. The van der Waals surface area contributed by atoms with Crippen LogP contribution in [0, 0.1) is 0 Å². The molecule has 2 heterocycles. The summed E-state index contributed by atoms with van der Waals surface area (Å²) in [5.74, 6) is 1.91. The van der Waals surface area contributed by atoms with Crippen molar-refractivity contribution >= 4 is 17.8 Å². The van der Waals surface area contributed by atoms with Gasteiger partial charge in [0.05, 0.1) is 0 Å². The van der Waals surface area contributed by atoms with Crippen molar-refractivity contribution in [3.63, 3.8) is 0 Å². The van der Waals surface area contributed by atoms with Crippen LogP contribution in [0.5, 0.6) is 5.88 Å². The number of carbonyl (C=O) groups is 1. The molecule has 2 rings (SSSR count). The van der Waals surface area contributed by atoms with Gasteiger partial charge in [-0.25, -0.2) is 9.78 Å². The lowest BCUT2D eigenvalue weighted by Gasteiger charge is -2.22. The molecule has 0 saturated carbocycles. The number of aromatic nitrogens is 1. The van der Waals surface area contributed by atoms with Crippen LogP contribution in [0.4, 0.5) is 18.0 Å². The average Bonchev–Trinajstić information content (AvgIpc) is 2.52. The third kappa shape index (κ3) is 6.55. The monoisotopic (exact) mass is 349 g/mol. The smallest absolute Gasteiger partial charge is 0.422 e. The minimum atomic E-state index is -4.43. The van der Waals surface area contributed by atoms with Crippen molar-refractivity contribution in [2.75, 3.05) is 18.1 Å². The molecule has 0 bridgehead atoms. The number of alkyl halides is 3. The van der Waals surface area contributed by atoms with Crippen LogP contribution in [0.25, 0.3) is 0 Å². The first-order chi connectivity index (χ1) is 10.9. The van der Waals surface area contributed by atoms with E-state index in [0.29, 0.717) is 5.56 Å². The Kier molecular flexibility index (Phi) is 6.37. The van der Waals surface area contributed by atoms with Gasteiger partial charge < -0.3 is 15.4 Å². The maximum Gasteiger partial charge on any atom is 0.422 e. The quantitative estimate of drug-likeness (QED) is 0.858. The number of hydrogen-bond donors (Lipinski definition) is 2. The maximum absolute atomic E-state index is 12.2. The van der Waals surface area contributed by atoms with E-state index < -0.39 is 12.8 Å². The Morgan fingerprint density at radius 3 is 2.83 bits per heavy atom. The number of ether oxygens (including phenoxy) is 1. The maximum atomic E-state index is 12.2. The van der Waals surface area contributed by atoms with E-state index in [0.717, 1.165) is 24.3 Å². The number of halogens is 3. The fourth-order valence-electron chi connectivity index (χ4n) is 2.09. The van der Waals surface area contributed by atoms with E-state index in [1.807, 2.05) is 11.8 Å². The van der Waals surface area contributed by atoms with E-state index >= 15 is 0 Å². The van der Waals surface area contributed by atoms with Gasteiger partial charge in [-0.3, -0.25) is 0 Å². The molecule has 0 spiro atoms. The summed E-state index contributed by atoms with van der Waals surface area (Å²) in [7, 11) is 0. The van der Waals surface area contributed by atoms with Crippen molar-refractivity contribution in [1.29, 1.82) is 0 Å². The Labute approximate surface area is 136 Å². The van der Waals surface area contributed by atoms with Crippen molar-refractivity contribution in [1.82, 2.24) is 15.6 Å². The SMILES string of the molecule is O=C(NCc1cccnc1OCC(F)(F)F)NC1CCSCC1. The molecule has 0 aromatic carbocycles. The molecule has 0 unspecified atom stereocenters. The molecule has 2 N–H and O–H groups in total. The van der Waals surface area contributed by atoms with Gasteiger partial charge in [-0.05, 0) is 30.4 Å². The molecule has 1 aromatic heterocycles. The molecule has 23 heavy (non-hydrogen) atoms. The van der Waals surface area contributed by atoms with E-state index in [-0.39, 0.29) is 24.5 Å². The number of rotatable bonds is 5. The van der Waals surface area contributed by atoms with Gasteiger partial charge in [0, 0.05) is 24.3 Å². The number of hydrogen-bond acceptors (Lipinski definition) is 4. The highest BCUT2D eigenvalue weighted by Crippen LogP contribution is 2.20. The minimum Gasteiger partial charge on any atom is -0.468 e. The van der Waals surface area contributed by atoms with Crippen LogP contribution in [-0.2, 0) is 6.54 Å². The van der Waals surface area contributed by atoms with Crippen LogP contribution in [-0.4, -0.2) is 41.3 Å². The molecule has 2 amide bonds. The highest BCUT2D eigenvalue weighted by atomic mass is 32.2. The van der Waals surface area contributed by atoms with E-state index in [4.69, 9.17) is 0 Å². The first-order valence-corrected chi connectivity index (χ1v) is 8.35. The standard InChI is InChI=1S/C14H18F3N3O2S/c15-14(16,17)9-22-12-10(2-1-5-18-12)8-19-13(21)20-11-3-6-23-7-4-11/h1-2,5,11H,3-4,6-9H2,(H2,19,20,21). The summed E-state index contributed by atoms with van der Waals surface area (Å²) in [5.41, 5.74) is 0.395. The van der Waals surface area contributed by atoms with Crippen LogP contribution in [0.3, 0.4) is 0 Å². The highest BCUT2D eigenvalue weighted by Gasteiger charge is 2.29. The van der Waals surface area contributed by atoms with Gasteiger partial charge in [0.15, 0.2) is 6.61 Å². The zero-order valence-electron chi connectivity index (χ0n) is 12.4. The number of nitrogens with one attached hydrogen (secondary N) is 2. The zero-order valence-corrected chi connectivity index (χ0v) is 13.2. The van der Waals surface area contributed by atoms with Crippen molar-refractivity contribution in [2.45, 2.75) is 31.6 Å². The third-order valence-corrected chi connectivity index (χ3v) is 4.27. The molecule has 0 radical (unpaired) electrons. The van der Waals surface area contributed by atoms with E-state index in [1.54, 1.807) is 12.1 Å². The molecule has 1 aromatic rings. The van der Waals surface area contributed by atoms with Crippen LogP contribution in [0.2, 0.25) is 0 Å². The largest absolute Gasteiger partial charge is 0.468 e. The van der Waals surface area contributed by atoms with Crippen molar-refractivity contribution in [2.24, 2.45) is 0 Å². The predicted octanol–water partition coefficient (Wildman–Crippen LogP) is 2.72. The first-order valence-electron chi connectivity index (χ1n) is 7.19. The second-order valence-electron chi connectivity index (χ2n) is 5.09. The molecule has 128 valence electrons. The molecule has 0 aliphatic carbocycles. The lowest BCUT2D eigenvalue weighted by molar-refractivity contribution is -0.154. The Balaban J connectivity index is 1.83. The molecular formula is C14H18F3N3O2S. The average molecular weight is 349 g/mol. The van der Waals surface area contributed by atoms with Gasteiger partial charge in [-0.15, -0.1) is 0 Å². The van der Waals surface area contributed by atoms with Crippen molar-refractivity contribution in [3.05, 3.63) is 23.9 Å². The predicted molar refractivity (Wildman–Crippen MR) is 81.5 cm³/mol. The Hall–Kier alpha value is -1.64. The van der Waals surface area contributed by atoms with Crippen LogP contribution in [0.1, 0.15) is 18.4 Å². The molecule has 1 aliphatic heterocycles. The summed E-state index contributed by atoms with van der Waals surface area (Å²) in [6.07, 6.45) is -1.25. The highest BCUT2D eigenvalue weighted by molar-refractivity contribution is 7.99. The van der Waals surface area contributed by atoms with Gasteiger partial charge in [-0.2, -0.15) is 24.9 Å². The number of carbonyl (C=O) groups excluding carboxylic acids is 1. The lowest BCUT2D eigenvalue weighted by atomic mass is 10.2. The molecule has 1 fully saturated rings. The lowest BCUT2D eigenvalue weighted by Crippen LogP contribution is -2.43. The number of nitrogens with zero attached hydrogens (tertiary/aromatic N) is 1. The van der Waals surface area contributed by atoms with Crippen LogP contribution in [0.15, 0.2) is 18.3 Å². The summed E-state index contributed by atoms with van der Waals surface area (Å²) in [6, 6.07) is 2.95. The third-order valence-electron chi connectivity index (χ3n) is 3.22. The van der Waals surface area contributed by atoms with Crippen molar-refractivity contribution in [3.8, 4) is 5.88 Å². The van der Waals surface area contributed by atoms with Gasteiger partial charge in [0.25, 0.3) is 0 Å². The second-order valence-corrected chi connectivity index (χ2v) is 6.31. The molecular weight excluding hydrogens is 331 g/mol. The summed E-state index contributed by atoms with van der Waals surface area (Å²) < 4.78 is 41.3. The second kappa shape index (κ2) is 8.28. The summed E-state index contributed by atoms with van der Waals surface area (Å²) in [5, 5.41) is 5.49. The Morgan fingerprint density at radius 1 is 1.39 bits per heavy atom. The van der Waals surface area contributed by atoms with Gasteiger partial charge >= 0.3 is 12.2 Å². The Bertz CT molecular complexity index is 522. The van der Waals surface area contributed by atoms with E-state index in [2.05, 4.69) is 20.4 Å². The van der Waals surface area contributed by atoms with Crippen LogP contribution >= 0.6 is 11.8 Å². The summed E-state index contributed by atoms with van der Waals surface area (Å²) >= 11 is 1.86. The molecule has 5 nitrogen and oxygen atoms in total. The minimum absolute atomic E-state index is 0.0499. The number of thioether (sulfide) groups is 1. The number of urea groups is 1. The van der Waals surface area contributed by atoms with Gasteiger partial charge in [0.1, 0.15) is 0 Å². The van der Waals surface area contributed by atoms with E-state index in [1.165, 1.54) is 6.20 Å². The van der Waals surface area contributed by atoms with Gasteiger partial charge in [-0.1, -0.05) is 6.07 Å². The topological polar surface area (TPSA) is 63.2 Å². The van der Waals surface area contributed by atoms with E-state index in [9.17, 15) is 18.0 Å². The number of amides is 2. The van der Waals surface area contributed by atoms with Crippen LogP contribution < -0.4 is 15.4 Å². The van der Waals surface area contributed by atoms with Gasteiger partial charge in [0.2, 0.25) is 5.88 Å². The normalized spacial score (nSPS) is 16.0. The molecule has 1 aliphatic rings. The summed E-state index contributed by atoms with van der Waals surface area (Å²) in [4.78, 5) is 15.6. The Morgan fingerprint density at radius 2 is 2.13 bits per heavy atom. The molecule has 0 atom stereocenters. The van der Waals surface area contributed by atoms with Crippen molar-refractivity contribution < 1.29 is 22.7 Å². The molecule has 1 saturated heterocycles.